The monoisotopic (exact) mass is 276 g/mol. The van der Waals surface area contributed by atoms with E-state index >= 15 is 0 Å². The van der Waals surface area contributed by atoms with E-state index in [2.05, 4.69) is 74.6 Å². The number of rotatable bonds is 2. The van der Waals surface area contributed by atoms with Crippen LogP contribution in [0.15, 0.2) is 71.9 Å². The molecule has 4 aliphatic rings. The largest absolute Gasteiger partial charge is 0.0882 e. The molecule has 0 aromatic rings. The van der Waals surface area contributed by atoms with Crippen LogP contribution in [-0.2, 0) is 0 Å². The van der Waals surface area contributed by atoms with Gasteiger partial charge in [0.15, 0.2) is 0 Å². The standard InChI is InChI=1S/C21H24/c1-21(2,15-9-3-4-10-15)20-18-13-7-5-11-16(18)17-12-6-8-14-19(17)20/h3-8,11-15,18-20H,9-10H2,1-2H3. The molecule has 4 aliphatic carbocycles. The van der Waals surface area contributed by atoms with E-state index in [-0.39, 0.29) is 0 Å². The van der Waals surface area contributed by atoms with Gasteiger partial charge in [-0.15, -0.1) is 0 Å². The highest BCUT2D eigenvalue weighted by atomic mass is 14.5. The minimum Gasteiger partial charge on any atom is -0.0882 e. The molecular formula is C21H24. The summed E-state index contributed by atoms with van der Waals surface area (Å²) in [6, 6.07) is 0. The zero-order valence-electron chi connectivity index (χ0n) is 13.0. The van der Waals surface area contributed by atoms with Crippen LogP contribution in [0.1, 0.15) is 26.7 Å². The summed E-state index contributed by atoms with van der Waals surface area (Å²) >= 11 is 0. The van der Waals surface area contributed by atoms with Crippen molar-refractivity contribution in [3.63, 3.8) is 0 Å². The van der Waals surface area contributed by atoms with Crippen LogP contribution in [0.3, 0.4) is 0 Å². The maximum atomic E-state index is 2.51. The van der Waals surface area contributed by atoms with E-state index in [1.807, 2.05) is 0 Å². The summed E-state index contributed by atoms with van der Waals surface area (Å²) in [4.78, 5) is 0. The highest BCUT2D eigenvalue weighted by Gasteiger charge is 2.49. The molecule has 2 unspecified atom stereocenters. The number of allylic oxidation sites excluding steroid dienone is 12. The molecule has 0 aromatic heterocycles. The molecule has 0 fully saturated rings. The van der Waals surface area contributed by atoms with E-state index < -0.39 is 0 Å². The molecule has 21 heavy (non-hydrogen) atoms. The van der Waals surface area contributed by atoms with Gasteiger partial charge in [0.05, 0.1) is 0 Å². The predicted molar refractivity (Wildman–Crippen MR) is 89.7 cm³/mol. The van der Waals surface area contributed by atoms with Gasteiger partial charge in [0.25, 0.3) is 0 Å². The van der Waals surface area contributed by atoms with E-state index in [4.69, 9.17) is 0 Å². The number of hydrogen-bond donors (Lipinski definition) is 0. The van der Waals surface area contributed by atoms with Crippen LogP contribution in [0.4, 0.5) is 0 Å². The maximum Gasteiger partial charge on any atom is 0.00663 e. The molecule has 0 bridgehead atoms. The molecular weight excluding hydrogens is 252 g/mol. The summed E-state index contributed by atoms with van der Waals surface area (Å²) in [5.41, 5.74) is 3.48. The first-order chi connectivity index (χ1) is 10.2. The van der Waals surface area contributed by atoms with Crippen LogP contribution >= 0.6 is 0 Å². The molecule has 0 saturated carbocycles. The fourth-order valence-corrected chi connectivity index (χ4v) is 4.97. The Morgan fingerprint density at radius 2 is 1.33 bits per heavy atom. The zero-order chi connectivity index (χ0) is 14.4. The molecule has 0 amide bonds. The van der Waals surface area contributed by atoms with Crippen LogP contribution in [0, 0.1) is 29.1 Å². The molecule has 0 aromatic carbocycles. The fourth-order valence-electron chi connectivity index (χ4n) is 4.97. The van der Waals surface area contributed by atoms with E-state index in [9.17, 15) is 0 Å². The van der Waals surface area contributed by atoms with Crippen molar-refractivity contribution in [3.8, 4) is 0 Å². The Morgan fingerprint density at radius 1 is 0.810 bits per heavy atom. The van der Waals surface area contributed by atoms with Gasteiger partial charge in [-0.25, -0.2) is 0 Å². The van der Waals surface area contributed by atoms with E-state index in [1.54, 1.807) is 11.1 Å². The highest BCUT2D eigenvalue weighted by molar-refractivity contribution is 5.51. The first-order valence-electron chi connectivity index (χ1n) is 8.28. The summed E-state index contributed by atoms with van der Waals surface area (Å²) in [6.07, 6.45) is 25.7. The smallest absolute Gasteiger partial charge is 0.00663 e. The lowest BCUT2D eigenvalue weighted by molar-refractivity contribution is 0.0876. The second-order valence-corrected chi connectivity index (χ2v) is 7.44. The van der Waals surface area contributed by atoms with Gasteiger partial charge < -0.3 is 0 Å². The third-order valence-corrected chi connectivity index (χ3v) is 6.16. The van der Waals surface area contributed by atoms with Crippen molar-refractivity contribution in [1.82, 2.24) is 0 Å². The Hall–Kier alpha value is -1.56. The molecule has 0 heteroatoms. The van der Waals surface area contributed by atoms with Gasteiger partial charge in [0.1, 0.15) is 0 Å². The minimum absolute atomic E-state index is 0.358. The van der Waals surface area contributed by atoms with E-state index in [1.165, 1.54) is 12.8 Å². The first-order valence-corrected chi connectivity index (χ1v) is 8.28. The van der Waals surface area contributed by atoms with Crippen molar-refractivity contribution in [2.24, 2.45) is 29.1 Å². The molecule has 0 aliphatic heterocycles. The van der Waals surface area contributed by atoms with Gasteiger partial charge in [0.2, 0.25) is 0 Å². The lowest BCUT2D eigenvalue weighted by Gasteiger charge is -2.43. The summed E-state index contributed by atoms with van der Waals surface area (Å²) in [5.74, 6) is 2.67. The van der Waals surface area contributed by atoms with Gasteiger partial charge in [-0.2, -0.15) is 0 Å². The quantitative estimate of drug-likeness (QED) is 0.593. The predicted octanol–water partition coefficient (Wildman–Crippen LogP) is 5.39. The van der Waals surface area contributed by atoms with E-state index in [0.717, 1.165) is 5.92 Å². The second kappa shape index (κ2) is 4.73. The lowest BCUT2D eigenvalue weighted by Crippen LogP contribution is -2.38. The average Bonchev–Trinajstić information content (AvgIpc) is 3.14. The molecule has 108 valence electrons. The van der Waals surface area contributed by atoms with Crippen molar-refractivity contribution in [2.45, 2.75) is 26.7 Å². The van der Waals surface area contributed by atoms with Crippen molar-refractivity contribution in [1.29, 1.82) is 0 Å². The summed E-state index contributed by atoms with van der Waals surface area (Å²) in [5, 5.41) is 0. The molecule has 2 atom stereocenters. The van der Waals surface area contributed by atoms with Crippen LogP contribution in [-0.4, -0.2) is 0 Å². The molecule has 0 saturated heterocycles. The Balaban J connectivity index is 1.76. The summed E-state index contributed by atoms with van der Waals surface area (Å²) in [7, 11) is 0. The van der Waals surface area contributed by atoms with Crippen LogP contribution in [0.25, 0.3) is 0 Å². The first kappa shape index (κ1) is 13.1. The molecule has 4 rings (SSSR count). The second-order valence-electron chi connectivity index (χ2n) is 7.44. The SMILES string of the molecule is CC(C)(C1CC=CC1)C1C2C=CC=CC2=C2C=CC=CC21. The van der Waals surface area contributed by atoms with E-state index in [0.29, 0.717) is 23.2 Å². The Labute approximate surface area is 128 Å². The van der Waals surface area contributed by atoms with Gasteiger partial charge in [-0.3, -0.25) is 0 Å². The Kier molecular flexibility index (Phi) is 2.96. The van der Waals surface area contributed by atoms with Gasteiger partial charge in [0, 0.05) is 11.8 Å². The van der Waals surface area contributed by atoms with Gasteiger partial charge in [-0.1, -0.05) is 74.6 Å². The van der Waals surface area contributed by atoms with Crippen molar-refractivity contribution in [2.75, 3.05) is 0 Å². The van der Waals surface area contributed by atoms with Crippen LogP contribution < -0.4 is 0 Å². The summed E-state index contributed by atoms with van der Waals surface area (Å²) in [6.45, 7) is 5.02. The molecule has 0 N–H and O–H groups in total. The molecule has 0 spiro atoms. The third kappa shape index (κ3) is 1.88. The molecule has 0 radical (unpaired) electrons. The maximum absolute atomic E-state index is 2.51. The number of hydrogen-bond acceptors (Lipinski definition) is 0. The summed E-state index contributed by atoms with van der Waals surface area (Å²) < 4.78 is 0. The normalized spacial score (nSPS) is 33.9. The lowest BCUT2D eigenvalue weighted by atomic mass is 9.60. The molecule has 0 heterocycles. The Bertz CT molecular complexity index is 572. The van der Waals surface area contributed by atoms with Crippen LogP contribution in [0.5, 0.6) is 0 Å². The highest BCUT2D eigenvalue weighted by Crippen LogP contribution is 2.57. The Morgan fingerprint density at radius 3 is 1.86 bits per heavy atom. The average molecular weight is 276 g/mol. The van der Waals surface area contributed by atoms with Gasteiger partial charge >= 0.3 is 0 Å². The topological polar surface area (TPSA) is 0 Å². The third-order valence-electron chi connectivity index (χ3n) is 6.16. The van der Waals surface area contributed by atoms with Crippen molar-refractivity contribution < 1.29 is 0 Å². The molecule has 0 nitrogen and oxygen atoms in total. The number of fused-ring (bicyclic) bond motifs is 2. The van der Waals surface area contributed by atoms with Gasteiger partial charge in [-0.05, 0) is 41.2 Å². The van der Waals surface area contributed by atoms with Crippen molar-refractivity contribution >= 4 is 0 Å². The fraction of sp³-hybridized carbons (Fsp3) is 0.429. The zero-order valence-corrected chi connectivity index (χ0v) is 13.0. The van der Waals surface area contributed by atoms with Crippen molar-refractivity contribution in [3.05, 3.63) is 71.9 Å². The van der Waals surface area contributed by atoms with Crippen LogP contribution in [0.2, 0.25) is 0 Å². The minimum atomic E-state index is 0.358.